The lowest BCUT2D eigenvalue weighted by Crippen LogP contribution is -2.58. The van der Waals surface area contributed by atoms with E-state index in [4.69, 9.17) is 11.5 Å². The van der Waals surface area contributed by atoms with Crippen LogP contribution < -0.4 is 27.4 Å². The molecule has 1 rings (SSSR count). The number of aromatic amines is 1. The zero-order valence-corrected chi connectivity index (χ0v) is 19.3. The van der Waals surface area contributed by atoms with E-state index < -0.39 is 60.2 Å². The number of amides is 4. The molecule has 0 aliphatic rings. The first-order valence-electron chi connectivity index (χ1n) is 10.2. The van der Waals surface area contributed by atoms with Crippen LogP contribution in [0.5, 0.6) is 0 Å². The summed E-state index contributed by atoms with van der Waals surface area (Å²) in [6.07, 6.45) is 2.65. The number of imidazole rings is 1. The number of hydrogen-bond acceptors (Lipinski definition) is 8. The van der Waals surface area contributed by atoms with Gasteiger partial charge in [0.05, 0.1) is 18.8 Å². The van der Waals surface area contributed by atoms with Crippen molar-refractivity contribution in [3.8, 4) is 0 Å². The second kappa shape index (κ2) is 13.4. The summed E-state index contributed by atoms with van der Waals surface area (Å²) in [4.78, 5) is 67.1. The van der Waals surface area contributed by atoms with E-state index in [1.165, 1.54) is 12.5 Å². The Morgan fingerprint density at radius 1 is 1.06 bits per heavy atom. The molecule has 13 nitrogen and oxygen atoms in total. The van der Waals surface area contributed by atoms with Crippen molar-refractivity contribution in [2.24, 2.45) is 17.4 Å². The number of primary amides is 1. The van der Waals surface area contributed by atoms with Gasteiger partial charge in [-0.05, 0) is 12.3 Å². The highest BCUT2D eigenvalue weighted by atomic mass is 32.1. The minimum Gasteiger partial charge on any atom is -0.480 e. The summed E-state index contributed by atoms with van der Waals surface area (Å²) in [5.41, 5.74) is 11.6. The van der Waals surface area contributed by atoms with Gasteiger partial charge in [0.15, 0.2) is 0 Å². The summed E-state index contributed by atoms with van der Waals surface area (Å²) in [6, 6.07) is -4.83. The van der Waals surface area contributed by atoms with Crippen molar-refractivity contribution in [2.45, 2.75) is 57.3 Å². The average molecular weight is 486 g/mol. The van der Waals surface area contributed by atoms with Gasteiger partial charge in [-0.15, -0.1) is 0 Å². The number of rotatable bonds is 14. The number of carbonyl (C=O) groups excluding carboxylic acids is 4. The molecular weight excluding hydrogens is 454 g/mol. The van der Waals surface area contributed by atoms with Gasteiger partial charge < -0.3 is 37.5 Å². The molecular formula is C19H31N7O6S. The smallest absolute Gasteiger partial charge is 0.326 e. The van der Waals surface area contributed by atoms with Gasteiger partial charge in [-0.2, -0.15) is 12.6 Å². The standard InChI is InChI=1S/C19H31N7O6S/c1-9(2)3-13(19(31)32)25-18(30)14(7-33)26-17(29)12(5-15(21)27)24-16(28)11(20)4-10-6-22-8-23-10/h6,8-9,11-14,33H,3-5,7,20H2,1-2H3,(H2,21,27)(H,22,23)(H,24,28)(H,25,30)(H,26,29)(H,31,32). The Hall–Kier alpha value is -3.13. The van der Waals surface area contributed by atoms with E-state index in [0.29, 0.717) is 5.69 Å². The Kier molecular flexibility index (Phi) is 11.4. The Balaban J connectivity index is 2.83. The fraction of sp³-hybridized carbons (Fsp3) is 0.579. The highest BCUT2D eigenvalue weighted by Gasteiger charge is 2.30. The molecule has 0 aliphatic heterocycles. The highest BCUT2D eigenvalue weighted by molar-refractivity contribution is 7.80. The van der Waals surface area contributed by atoms with Crippen LogP contribution in [0.1, 0.15) is 32.4 Å². The minimum atomic E-state index is -1.40. The first kappa shape index (κ1) is 27.9. The maximum absolute atomic E-state index is 12.7. The number of nitrogens with zero attached hydrogens (tertiary/aromatic N) is 1. The van der Waals surface area contributed by atoms with E-state index in [2.05, 4.69) is 38.5 Å². The summed E-state index contributed by atoms with van der Waals surface area (Å²) in [7, 11) is 0. The van der Waals surface area contributed by atoms with Crippen molar-refractivity contribution >= 4 is 42.2 Å². The molecule has 184 valence electrons. The highest BCUT2D eigenvalue weighted by Crippen LogP contribution is 2.06. The molecule has 9 N–H and O–H groups in total. The summed E-state index contributed by atoms with van der Waals surface area (Å²) in [5.74, 6) is -4.62. The van der Waals surface area contributed by atoms with Gasteiger partial charge in [0.1, 0.15) is 18.1 Å². The van der Waals surface area contributed by atoms with E-state index in [0.717, 1.165) is 0 Å². The molecule has 1 aromatic heterocycles. The Labute approximate surface area is 196 Å². The number of nitrogens with two attached hydrogens (primary N) is 2. The third-order valence-corrected chi connectivity index (χ3v) is 4.87. The lowest BCUT2D eigenvalue weighted by molar-refractivity contribution is -0.142. The number of hydrogen-bond donors (Lipinski definition) is 8. The lowest BCUT2D eigenvalue weighted by Gasteiger charge is -2.24. The number of carboxylic acids is 1. The first-order valence-corrected chi connectivity index (χ1v) is 10.8. The molecule has 4 amide bonds. The predicted molar refractivity (Wildman–Crippen MR) is 121 cm³/mol. The summed E-state index contributed by atoms with van der Waals surface area (Å²) < 4.78 is 0. The van der Waals surface area contributed by atoms with Crippen LogP contribution in [0.2, 0.25) is 0 Å². The number of carboxylic acid groups (broad SMARTS) is 1. The molecule has 4 atom stereocenters. The summed E-state index contributed by atoms with van der Waals surface area (Å²) in [5, 5.41) is 16.4. The normalized spacial score (nSPS) is 14.6. The molecule has 1 heterocycles. The zero-order valence-electron chi connectivity index (χ0n) is 18.4. The number of H-pyrrole nitrogens is 1. The van der Waals surface area contributed by atoms with Crippen molar-refractivity contribution in [3.05, 3.63) is 18.2 Å². The van der Waals surface area contributed by atoms with Gasteiger partial charge in [-0.25, -0.2) is 9.78 Å². The Bertz CT molecular complexity index is 833. The number of carbonyl (C=O) groups is 5. The van der Waals surface area contributed by atoms with Gasteiger partial charge in [0, 0.05) is 24.1 Å². The zero-order chi connectivity index (χ0) is 25.1. The third kappa shape index (κ3) is 9.91. The maximum atomic E-state index is 12.7. The van der Waals surface area contributed by atoms with Crippen molar-refractivity contribution in [1.82, 2.24) is 25.9 Å². The van der Waals surface area contributed by atoms with Crippen LogP contribution in [0, 0.1) is 5.92 Å². The summed E-state index contributed by atoms with van der Waals surface area (Å²) in [6.45, 7) is 3.60. The molecule has 0 saturated heterocycles. The number of aliphatic carboxylic acids is 1. The molecule has 14 heteroatoms. The van der Waals surface area contributed by atoms with Gasteiger partial charge >= 0.3 is 5.97 Å². The second-order valence-electron chi connectivity index (χ2n) is 7.89. The van der Waals surface area contributed by atoms with Crippen molar-refractivity contribution in [1.29, 1.82) is 0 Å². The van der Waals surface area contributed by atoms with Crippen LogP contribution >= 0.6 is 12.6 Å². The van der Waals surface area contributed by atoms with Crippen molar-refractivity contribution < 1.29 is 29.1 Å². The average Bonchev–Trinajstić information content (AvgIpc) is 3.22. The second-order valence-corrected chi connectivity index (χ2v) is 8.26. The van der Waals surface area contributed by atoms with Gasteiger partial charge in [-0.3, -0.25) is 19.2 Å². The third-order valence-electron chi connectivity index (χ3n) is 4.51. The molecule has 0 fully saturated rings. The molecule has 0 bridgehead atoms. The fourth-order valence-electron chi connectivity index (χ4n) is 2.85. The van der Waals surface area contributed by atoms with E-state index >= 15 is 0 Å². The molecule has 0 radical (unpaired) electrons. The van der Waals surface area contributed by atoms with E-state index in [-0.39, 0.29) is 24.5 Å². The van der Waals surface area contributed by atoms with Gasteiger partial charge in [-0.1, -0.05) is 13.8 Å². The molecule has 0 spiro atoms. The quantitative estimate of drug-likeness (QED) is 0.133. The van der Waals surface area contributed by atoms with Crippen molar-refractivity contribution in [2.75, 3.05) is 5.75 Å². The van der Waals surface area contributed by atoms with Crippen LogP contribution in [-0.2, 0) is 30.4 Å². The molecule has 4 unspecified atom stereocenters. The lowest BCUT2D eigenvalue weighted by atomic mass is 10.0. The van der Waals surface area contributed by atoms with Crippen LogP contribution in [0.25, 0.3) is 0 Å². The van der Waals surface area contributed by atoms with E-state index in [1.807, 2.05) is 0 Å². The Morgan fingerprint density at radius 3 is 2.12 bits per heavy atom. The maximum Gasteiger partial charge on any atom is 0.326 e. The number of nitrogens with one attached hydrogen (secondary N) is 4. The van der Waals surface area contributed by atoms with Crippen LogP contribution in [0.4, 0.5) is 0 Å². The molecule has 0 saturated carbocycles. The van der Waals surface area contributed by atoms with E-state index in [1.54, 1.807) is 13.8 Å². The van der Waals surface area contributed by atoms with Gasteiger partial charge in [0.2, 0.25) is 23.6 Å². The first-order chi connectivity index (χ1) is 15.4. The van der Waals surface area contributed by atoms with E-state index in [9.17, 15) is 29.1 Å². The van der Waals surface area contributed by atoms with Gasteiger partial charge in [0.25, 0.3) is 0 Å². The largest absolute Gasteiger partial charge is 0.480 e. The summed E-state index contributed by atoms with van der Waals surface area (Å²) >= 11 is 4.03. The number of aromatic nitrogens is 2. The Morgan fingerprint density at radius 2 is 1.64 bits per heavy atom. The number of thiol groups is 1. The molecule has 33 heavy (non-hydrogen) atoms. The SMILES string of the molecule is CC(C)CC(NC(=O)C(CS)NC(=O)C(CC(N)=O)NC(=O)C(N)Cc1cnc[nH]1)C(=O)O. The molecule has 0 aromatic carbocycles. The monoisotopic (exact) mass is 485 g/mol. The van der Waals surface area contributed by atoms with Crippen LogP contribution in [0.15, 0.2) is 12.5 Å². The molecule has 0 aliphatic carbocycles. The predicted octanol–water partition coefficient (Wildman–Crippen LogP) is -2.33. The topological polar surface area (TPSA) is 222 Å². The minimum absolute atomic E-state index is 0.00318. The fourth-order valence-corrected chi connectivity index (χ4v) is 3.10. The van der Waals surface area contributed by atoms with Crippen LogP contribution in [0.3, 0.4) is 0 Å². The molecule has 1 aromatic rings. The van der Waals surface area contributed by atoms with Crippen LogP contribution in [-0.4, -0.2) is 74.6 Å². The van der Waals surface area contributed by atoms with Crippen molar-refractivity contribution in [3.63, 3.8) is 0 Å².